The molecule has 5 heteroatoms. The average molecular weight is 234 g/mol. The van der Waals surface area contributed by atoms with E-state index in [0.717, 1.165) is 0 Å². The van der Waals surface area contributed by atoms with Crippen molar-refractivity contribution < 1.29 is 9.84 Å². The molecule has 0 saturated carbocycles. The van der Waals surface area contributed by atoms with Crippen molar-refractivity contribution in [3.63, 3.8) is 0 Å². The summed E-state index contributed by atoms with van der Waals surface area (Å²) in [5, 5.41) is 8.94. The number of fused-ring (bicyclic) bond motifs is 1. The van der Waals surface area contributed by atoms with Crippen molar-refractivity contribution in [3.05, 3.63) is 39.9 Å². The van der Waals surface area contributed by atoms with E-state index in [4.69, 9.17) is 9.84 Å². The Balaban J connectivity index is 2.81. The maximum atomic E-state index is 12.2. The van der Waals surface area contributed by atoms with Gasteiger partial charge in [0.25, 0.3) is 5.56 Å². The van der Waals surface area contributed by atoms with Crippen molar-refractivity contribution in [2.24, 2.45) is 0 Å². The Hall–Kier alpha value is -1.88. The van der Waals surface area contributed by atoms with Gasteiger partial charge >= 0.3 is 0 Å². The summed E-state index contributed by atoms with van der Waals surface area (Å²) >= 11 is 0. The van der Waals surface area contributed by atoms with E-state index in [1.54, 1.807) is 32.4 Å². The smallest absolute Gasteiger partial charge is 0.261 e. The Morgan fingerprint density at radius 3 is 2.94 bits per heavy atom. The number of aryl methyl sites for hydroxylation is 1. The van der Waals surface area contributed by atoms with Crippen LogP contribution in [0.2, 0.25) is 0 Å². The molecule has 0 unspecified atom stereocenters. The van der Waals surface area contributed by atoms with Gasteiger partial charge in [-0.1, -0.05) is 0 Å². The zero-order valence-corrected chi connectivity index (χ0v) is 9.80. The van der Waals surface area contributed by atoms with Crippen LogP contribution in [0.1, 0.15) is 11.3 Å². The van der Waals surface area contributed by atoms with Gasteiger partial charge in [0.05, 0.1) is 7.11 Å². The first kappa shape index (κ1) is 11.6. The van der Waals surface area contributed by atoms with Gasteiger partial charge in [-0.05, 0) is 19.1 Å². The number of aromatic nitrogens is 2. The quantitative estimate of drug-likeness (QED) is 0.842. The van der Waals surface area contributed by atoms with Crippen molar-refractivity contribution in [3.8, 4) is 5.75 Å². The lowest BCUT2D eigenvalue weighted by Crippen LogP contribution is -2.22. The molecule has 17 heavy (non-hydrogen) atoms. The van der Waals surface area contributed by atoms with Crippen LogP contribution in [0, 0.1) is 6.92 Å². The molecule has 2 aromatic rings. The van der Waals surface area contributed by atoms with E-state index >= 15 is 0 Å². The van der Waals surface area contributed by atoms with Gasteiger partial charge in [-0.3, -0.25) is 9.20 Å². The normalized spacial score (nSPS) is 10.8. The van der Waals surface area contributed by atoms with Gasteiger partial charge in [0, 0.05) is 30.5 Å². The Morgan fingerprint density at radius 1 is 1.53 bits per heavy atom. The molecular formula is C12H14N2O3. The number of hydrogen-bond acceptors (Lipinski definition) is 4. The number of ether oxygens (including phenoxy) is 1. The minimum atomic E-state index is -0.152. The number of pyridine rings is 1. The highest BCUT2D eigenvalue weighted by atomic mass is 16.5. The van der Waals surface area contributed by atoms with Crippen LogP contribution in [0.4, 0.5) is 0 Å². The fraction of sp³-hybridized carbons (Fsp3) is 0.333. The van der Waals surface area contributed by atoms with E-state index in [1.807, 2.05) is 0 Å². The minimum Gasteiger partial charge on any atom is -0.493 e. The number of nitrogens with zero attached hydrogens (tertiary/aromatic N) is 2. The number of hydrogen-bond donors (Lipinski definition) is 1. The van der Waals surface area contributed by atoms with Crippen molar-refractivity contribution in [2.75, 3.05) is 13.7 Å². The summed E-state index contributed by atoms with van der Waals surface area (Å²) in [6.07, 6.45) is 1.96. The topological polar surface area (TPSA) is 63.8 Å². The highest BCUT2D eigenvalue weighted by Gasteiger charge is 2.11. The molecule has 0 bridgehead atoms. The summed E-state index contributed by atoms with van der Waals surface area (Å²) in [7, 11) is 1.54. The van der Waals surface area contributed by atoms with E-state index in [0.29, 0.717) is 29.1 Å². The zero-order valence-electron chi connectivity index (χ0n) is 9.80. The summed E-state index contributed by atoms with van der Waals surface area (Å²) in [6.45, 7) is 1.70. The van der Waals surface area contributed by atoms with Crippen LogP contribution < -0.4 is 10.3 Å². The van der Waals surface area contributed by atoms with Crippen LogP contribution >= 0.6 is 0 Å². The van der Waals surface area contributed by atoms with Crippen LogP contribution in [0.15, 0.2) is 23.1 Å². The zero-order chi connectivity index (χ0) is 12.4. The van der Waals surface area contributed by atoms with E-state index in [1.165, 1.54) is 4.40 Å². The molecule has 90 valence electrons. The lowest BCUT2D eigenvalue weighted by atomic mass is 10.2. The number of rotatable bonds is 3. The first-order valence-electron chi connectivity index (χ1n) is 5.34. The van der Waals surface area contributed by atoms with Crippen LogP contribution in [-0.2, 0) is 6.42 Å². The predicted octanol–water partition coefficient (Wildman–Crippen LogP) is 0.546. The first-order chi connectivity index (χ1) is 8.19. The Labute approximate surface area is 98.3 Å². The molecule has 0 radical (unpaired) electrons. The number of aliphatic hydroxyl groups is 1. The van der Waals surface area contributed by atoms with Gasteiger partial charge < -0.3 is 9.84 Å². The maximum absolute atomic E-state index is 12.2. The van der Waals surface area contributed by atoms with E-state index in [-0.39, 0.29) is 12.2 Å². The van der Waals surface area contributed by atoms with Crippen molar-refractivity contribution >= 4 is 5.65 Å². The third-order valence-electron chi connectivity index (χ3n) is 2.70. The Morgan fingerprint density at radius 2 is 2.29 bits per heavy atom. The molecule has 0 aliphatic carbocycles. The third kappa shape index (κ3) is 1.89. The summed E-state index contributed by atoms with van der Waals surface area (Å²) in [5.74, 6) is 0.559. The van der Waals surface area contributed by atoms with E-state index in [9.17, 15) is 4.79 Å². The number of aliphatic hydroxyl groups excluding tert-OH is 1. The van der Waals surface area contributed by atoms with Crippen LogP contribution in [0.3, 0.4) is 0 Å². The fourth-order valence-corrected chi connectivity index (χ4v) is 1.84. The Kier molecular flexibility index (Phi) is 3.10. The van der Waals surface area contributed by atoms with Gasteiger partial charge in [-0.2, -0.15) is 0 Å². The van der Waals surface area contributed by atoms with Gasteiger partial charge in [0.15, 0.2) is 11.4 Å². The second-order valence-corrected chi connectivity index (χ2v) is 3.72. The molecule has 2 heterocycles. The highest BCUT2D eigenvalue weighted by molar-refractivity contribution is 5.54. The lowest BCUT2D eigenvalue weighted by molar-refractivity contribution is 0.298. The van der Waals surface area contributed by atoms with Gasteiger partial charge in [0.1, 0.15) is 0 Å². The second-order valence-electron chi connectivity index (χ2n) is 3.72. The summed E-state index contributed by atoms with van der Waals surface area (Å²) in [6, 6.07) is 3.49. The summed E-state index contributed by atoms with van der Waals surface area (Å²) in [5.41, 5.74) is 1.52. The molecular weight excluding hydrogens is 220 g/mol. The highest BCUT2D eigenvalue weighted by Crippen LogP contribution is 2.16. The van der Waals surface area contributed by atoms with Gasteiger partial charge in [-0.25, -0.2) is 4.98 Å². The predicted molar refractivity (Wildman–Crippen MR) is 63.5 cm³/mol. The summed E-state index contributed by atoms with van der Waals surface area (Å²) < 4.78 is 6.61. The van der Waals surface area contributed by atoms with Crippen molar-refractivity contribution in [2.45, 2.75) is 13.3 Å². The number of methoxy groups -OCH3 is 1. The largest absolute Gasteiger partial charge is 0.493 e. The van der Waals surface area contributed by atoms with Crippen LogP contribution in [0.25, 0.3) is 5.65 Å². The Bertz CT molecular complexity index is 604. The second kappa shape index (κ2) is 4.55. The van der Waals surface area contributed by atoms with Crippen molar-refractivity contribution in [1.29, 1.82) is 0 Å². The molecule has 5 nitrogen and oxygen atoms in total. The SMILES string of the molecule is COc1cccn2c(=O)c(CCO)c(C)nc12. The molecule has 0 saturated heterocycles. The molecule has 0 aliphatic heterocycles. The molecule has 0 aliphatic rings. The molecule has 0 fully saturated rings. The minimum absolute atomic E-state index is 0.0617. The molecule has 2 rings (SSSR count). The lowest BCUT2D eigenvalue weighted by Gasteiger charge is -2.09. The van der Waals surface area contributed by atoms with Crippen LogP contribution in [0.5, 0.6) is 5.75 Å². The molecule has 0 spiro atoms. The standard InChI is InChI=1S/C12H14N2O3/c1-8-9(5-7-15)12(16)14-6-3-4-10(17-2)11(14)13-8/h3-4,6,15H,5,7H2,1-2H3. The molecule has 0 aromatic carbocycles. The van der Waals surface area contributed by atoms with Gasteiger partial charge in [0.2, 0.25) is 0 Å². The van der Waals surface area contributed by atoms with Crippen molar-refractivity contribution in [1.82, 2.24) is 9.38 Å². The third-order valence-corrected chi connectivity index (χ3v) is 2.70. The molecule has 0 atom stereocenters. The first-order valence-corrected chi connectivity index (χ1v) is 5.34. The fourth-order valence-electron chi connectivity index (χ4n) is 1.84. The van der Waals surface area contributed by atoms with E-state index < -0.39 is 0 Å². The molecule has 2 aromatic heterocycles. The molecule has 0 amide bonds. The monoisotopic (exact) mass is 234 g/mol. The molecule has 1 N–H and O–H groups in total. The maximum Gasteiger partial charge on any atom is 0.261 e. The van der Waals surface area contributed by atoms with E-state index in [2.05, 4.69) is 4.98 Å². The van der Waals surface area contributed by atoms with Crippen LogP contribution in [-0.4, -0.2) is 28.2 Å². The summed E-state index contributed by atoms with van der Waals surface area (Å²) in [4.78, 5) is 16.5. The average Bonchev–Trinajstić information content (AvgIpc) is 2.34. The van der Waals surface area contributed by atoms with Gasteiger partial charge in [-0.15, -0.1) is 0 Å².